The number of pyridine rings is 1. The Balaban J connectivity index is 1.75. The van der Waals surface area contributed by atoms with E-state index in [1.165, 1.54) is 19.4 Å². The van der Waals surface area contributed by atoms with Crippen LogP contribution < -0.4 is 20.7 Å². The molecule has 10 heteroatoms. The van der Waals surface area contributed by atoms with Crippen LogP contribution in [-0.4, -0.2) is 55.4 Å². The molecule has 9 nitrogen and oxygen atoms in total. The second-order valence-corrected chi connectivity index (χ2v) is 7.98. The minimum absolute atomic E-state index is 0.161. The number of likely N-dealkylation sites (N-methyl/N-ethyl adjacent to an activating group) is 1. The largest absolute Gasteiger partial charge is 0.497 e. The van der Waals surface area contributed by atoms with Crippen molar-refractivity contribution in [2.45, 2.75) is 0 Å². The Morgan fingerprint density at radius 3 is 2.29 bits per heavy atom. The van der Waals surface area contributed by atoms with E-state index in [1.54, 1.807) is 67.5 Å². The maximum atomic E-state index is 12.9. The number of rotatable bonds is 8. The van der Waals surface area contributed by atoms with Crippen LogP contribution >= 0.6 is 11.6 Å². The summed E-state index contributed by atoms with van der Waals surface area (Å²) in [5.74, 6) is -0.310. The first-order chi connectivity index (χ1) is 16.2. The minimum Gasteiger partial charge on any atom is -0.497 e. The number of anilines is 3. The average molecular weight is 482 g/mol. The molecule has 0 atom stereocenters. The van der Waals surface area contributed by atoms with Gasteiger partial charge in [-0.15, -0.1) is 0 Å². The first-order valence-corrected chi connectivity index (χ1v) is 10.6. The van der Waals surface area contributed by atoms with Crippen molar-refractivity contribution in [1.82, 2.24) is 9.88 Å². The standard InChI is InChI=1S/C24H24ClN5O4/c1-30(2)14-22(31)27-17-7-4-15(5-8-17)23(32)28-20-10-9-18(34-3)12-19(20)24(33)29-21-11-6-16(25)13-26-21/h4-13H,14H2,1-3H3,(H,27,31)(H,28,32)(H,26,29,33). The van der Waals surface area contributed by atoms with E-state index in [0.29, 0.717) is 33.5 Å². The molecule has 1 heterocycles. The van der Waals surface area contributed by atoms with Crippen molar-refractivity contribution in [2.75, 3.05) is 43.7 Å². The predicted octanol–water partition coefficient (Wildman–Crippen LogP) is 3.75. The molecule has 0 unspecified atom stereocenters. The quantitative estimate of drug-likeness (QED) is 0.451. The van der Waals surface area contributed by atoms with Crippen LogP contribution in [0.5, 0.6) is 5.75 Å². The smallest absolute Gasteiger partial charge is 0.259 e. The van der Waals surface area contributed by atoms with Gasteiger partial charge in [0.1, 0.15) is 11.6 Å². The van der Waals surface area contributed by atoms with E-state index in [2.05, 4.69) is 20.9 Å². The molecule has 1 aromatic heterocycles. The van der Waals surface area contributed by atoms with E-state index in [1.807, 2.05) is 0 Å². The highest BCUT2D eigenvalue weighted by Gasteiger charge is 2.17. The van der Waals surface area contributed by atoms with Crippen LogP contribution in [0.3, 0.4) is 0 Å². The van der Waals surface area contributed by atoms with Crippen molar-refractivity contribution in [2.24, 2.45) is 0 Å². The summed E-state index contributed by atoms with van der Waals surface area (Å²) in [6, 6.07) is 14.3. The van der Waals surface area contributed by atoms with Gasteiger partial charge in [-0.3, -0.25) is 14.4 Å². The molecule has 0 aliphatic carbocycles. The SMILES string of the molecule is COc1ccc(NC(=O)c2ccc(NC(=O)CN(C)C)cc2)c(C(=O)Nc2ccc(Cl)cn2)c1. The van der Waals surface area contributed by atoms with Crippen molar-refractivity contribution >= 4 is 46.5 Å². The van der Waals surface area contributed by atoms with Crippen LogP contribution in [0.4, 0.5) is 17.2 Å². The summed E-state index contributed by atoms with van der Waals surface area (Å²) in [5.41, 5.74) is 1.41. The highest BCUT2D eigenvalue weighted by atomic mass is 35.5. The Hall–Kier alpha value is -3.95. The van der Waals surface area contributed by atoms with E-state index in [9.17, 15) is 14.4 Å². The molecule has 0 fully saturated rings. The van der Waals surface area contributed by atoms with Crippen molar-refractivity contribution in [3.05, 3.63) is 76.9 Å². The lowest BCUT2D eigenvalue weighted by Crippen LogP contribution is -2.27. The third-order valence-corrected chi connectivity index (χ3v) is 4.80. The molecule has 0 aliphatic heterocycles. The zero-order valence-electron chi connectivity index (χ0n) is 18.9. The number of aromatic nitrogens is 1. The molecule has 0 saturated heterocycles. The Bertz CT molecular complexity index is 1180. The first kappa shape index (κ1) is 24.7. The van der Waals surface area contributed by atoms with Crippen molar-refractivity contribution in [3.8, 4) is 5.75 Å². The van der Waals surface area contributed by atoms with Crippen LogP contribution in [0.2, 0.25) is 5.02 Å². The molecule has 0 spiro atoms. The number of halogens is 1. The maximum Gasteiger partial charge on any atom is 0.259 e. The number of amides is 3. The summed E-state index contributed by atoms with van der Waals surface area (Å²) >= 11 is 5.84. The first-order valence-electron chi connectivity index (χ1n) is 10.2. The fourth-order valence-corrected chi connectivity index (χ4v) is 3.08. The second-order valence-electron chi connectivity index (χ2n) is 7.54. The van der Waals surface area contributed by atoms with Gasteiger partial charge in [0.05, 0.1) is 29.9 Å². The van der Waals surface area contributed by atoms with Gasteiger partial charge in [-0.2, -0.15) is 0 Å². The number of carbonyl (C=O) groups excluding carboxylic acids is 3. The Morgan fingerprint density at radius 1 is 0.941 bits per heavy atom. The minimum atomic E-state index is -0.483. The van der Waals surface area contributed by atoms with Crippen LogP contribution in [0.25, 0.3) is 0 Å². The van der Waals surface area contributed by atoms with Crippen molar-refractivity contribution in [3.63, 3.8) is 0 Å². The van der Waals surface area contributed by atoms with Crippen LogP contribution in [0.1, 0.15) is 20.7 Å². The van der Waals surface area contributed by atoms with Gasteiger partial charge in [0.15, 0.2) is 0 Å². The lowest BCUT2D eigenvalue weighted by Gasteiger charge is -2.13. The van der Waals surface area contributed by atoms with E-state index >= 15 is 0 Å². The van der Waals surface area contributed by atoms with E-state index in [4.69, 9.17) is 16.3 Å². The van der Waals surface area contributed by atoms with Gasteiger partial charge in [-0.1, -0.05) is 11.6 Å². The number of hydrogen-bond donors (Lipinski definition) is 3. The van der Waals surface area contributed by atoms with E-state index in [-0.39, 0.29) is 18.0 Å². The van der Waals surface area contributed by atoms with Gasteiger partial charge in [0.2, 0.25) is 5.91 Å². The molecule has 3 N–H and O–H groups in total. The van der Waals surface area contributed by atoms with Gasteiger partial charge in [0.25, 0.3) is 11.8 Å². The Labute approximate surface area is 202 Å². The number of methoxy groups -OCH3 is 1. The van der Waals surface area contributed by atoms with Crippen molar-refractivity contribution < 1.29 is 19.1 Å². The number of ether oxygens (including phenoxy) is 1. The maximum absolute atomic E-state index is 12.9. The average Bonchev–Trinajstić information content (AvgIpc) is 2.80. The van der Waals surface area contributed by atoms with Crippen LogP contribution in [0, 0.1) is 0 Å². The van der Waals surface area contributed by atoms with E-state index < -0.39 is 11.8 Å². The Kier molecular flexibility index (Phi) is 8.18. The number of carbonyl (C=O) groups is 3. The number of benzene rings is 2. The second kappa shape index (κ2) is 11.3. The van der Waals surface area contributed by atoms with Crippen molar-refractivity contribution in [1.29, 1.82) is 0 Å². The van der Waals surface area contributed by atoms with Gasteiger partial charge < -0.3 is 25.6 Å². The number of nitrogens with zero attached hydrogens (tertiary/aromatic N) is 2. The topological polar surface area (TPSA) is 113 Å². The molecule has 3 amide bonds. The third kappa shape index (κ3) is 6.77. The normalized spacial score (nSPS) is 10.5. The summed E-state index contributed by atoms with van der Waals surface area (Å²) in [5, 5.41) is 8.62. The lowest BCUT2D eigenvalue weighted by atomic mass is 10.1. The molecule has 3 rings (SSSR count). The molecule has 2 aromatic carbocycles. The molecule has 0 saturated carbocycles. The van der Waals surface area contributed by atoms with E-state index in [0.717, 1.165) is 0 Å². The fourth-order valence-electron chi connectivity index (χ4n) is 2.97. The highest BCUT2D eigenvalue weighted by Crippen LogP contribution is 2.24. The summed E-state index contributed by atoms with van der Waals surface area (Å²) in [4.78, 5) is 43.4. The number of hydrogen-bond acceptors (Lipinski definition) is 6. The molecule has 176 valence electrons. The molecular formula is C24H24ClN5O4. The lowest BCUT2D eigenvalue weighted by molar-refractivity contribution is -0.116. The highest BCUT2D eigenvalue weighted by molar-refractivity contribution is 6.30. The summed E-state index contributed by atoms with van der Waals surface area (Å²) < 4.78 is 5.22. The van der Waals surface area contributed by atoms with Gasteiger partial charge >= 0.3 is 0 Å². The Morgan fingerprint density at radius 2 is 1.68 bits per heavy atom. The third-order valence-electron chi connectivity index (χ3n) is 4.58. The summed E-state index contributed by atoms with van der Waals surface area (Å²) in [6.07, 6.45) is 1.41. The fraction of sp³-hybridized carbons (Fsp3) is 0.167. The van der Waals surface area contributed by atoms with Gasteiger partial charge in [-0.25, -0.2) is 4.98 Å². The van der Waals surface area contributed by atoms with Gasteiger partial charge in [-0.05, 0) is 68.7 Å². The molecule has 3 aromatic rings. The monoisotopic (exact) mass is 481 g/mol. The molecule has 0 aliphatic rings. The summed E-state index contributed by atoms with van der Waals surface area (Å²) in [7, 11) is 5.08. The summed E-state index contributed by atoms with van der Waals surface area (Å²) in [6.45, 7) is 0.246. The van der Waals surface area contributed by atoms with Gasteiger partial charge in [0, 0.05) is 17.4 Å². The zero-order valence-corrected chi connectivity index (χ0v) is 19.6. The predicted molar refractivity (Wildman–Crippen MR) is 132 cm³/mol. The van der Waals surface area contributed by atoms with Crippen LogP contribution in [-0.2, 0) is 4.79 Å². The zero-order chi connectivity index (χ0) is 24.7. The molecule has 0 radical (unpaired) electrons. The molecule has 34 heavy (non-hydrogen) atoms. The molecule has 0 bridgehead atoms. The number of nitrogens with one attached hydrogen (secondary N) is 3. The molecular weight excluding hydrogens is 458 g/mol. The van der Waals surface area contributed by atoms with Crippen LogP contribution in [0.15, 0.2) is 60.8 Å².